The molecule has 1 aliphatic rings. The van der Waals surface area contributed by atoms with E-state index in [0.29, 0.717) is 5.92 Å². The molecule has 18 heavy (non-hydrogen) atoms. The molecule has 0 aliphatic carbocycles. The van der Waals surface area contributed by atoms with Crippen molar-refractivity contribution in [3.8, 4) is 0 Å². The number of rotatable bonds is 2. The summed E-state index contributed by atoms with van der Waals surface area (Å²) in [4.78, 5) is 7.10. The Bertz CT molecular complexity index is 538. The lowest BCUT2D eigenvalue weighted by atomic mass is 9.96. The van der Waals surface area contributed by atoms with Crippen LogP contribution in [0.3, 0.4) is 0 Å². The number of piperidine rings is 1. The quantitative estimate of drug-likeness (QED) is 0.880. The first-order chi connectivity index (χ1) is 8.78. The number of nitrogen functional groups attached to an aromatic ring is 1. The zero-order valence-corrected chi connectivity index (χ0v) is 10.8. The summed E-state index contributed by atoms with van der Waals surface area (Å²) in [6.45, 7) is 5.76. The molecule has 1 fully saturated rings. The van der Waals surface area contributed by atoms with Crippen molar-refractivity contribution in [3.05, 3.63) is 30.4 Å². The smallest absolute Gasteiger partial charge is 0.116 e. The lowest BCUT2D eigenvalue weighted by molar-refractivity contribution is 0.219. The zero-order valence-electron chi connectivity index (χ0n) is 10.8. The molecule has 3 heterocycles. The molecule has 0 radical (unpaired) electrons. The van der Waals surface area contributed by atoms with E-state index in [2.05, 4.69) is 21.2 Å². The highest BCUT2D eigenvalue weighted by Crippen LogP contribution is 2.27. The fraction of sp³-hybridized carbons (Fsp3) is 0.500. The molecule has 0 aromatic carbocycles. The highest BCUT2D eigenvalue weighted by Gasteiger charge is 2.22. The van der Waals surface area contributed by atoms with Gasteiger partial charge in [-0.1, -0.05) is 6.92 Å². The number of nitrogens with two attached hydrogens (primary N) is 1. The Labute approximate surface area is 107 Å². The van der Waals surface area contributed by atoms with E-state index in [-0.39, 0.29) is 0 Å². The maximum absolute atomic E-state index is 5.80. The molecule has 0 amide bonds. The van der Waals surface area contributed by atoms with Gasteiger partial charge in [0, 0.05) is 17.8 Å². The van der Waals surface area contributed by atoms with Gasteiger partial charge in [-0.15, -0.1) is 0 Å². The minimum Gasteiger partial charge on any atom is -0.399 e. The number of aromatic nitrogens is 2. The average Bonchev–Trinajstić information content (AvgIpc) is 2.81. The van der Waals surface area contributed by atoms with Crippen LogP contribution in [-0.2, 0) is 0 Å². The maximum atomic E-state index is 5.80. The zero-order chi connectivity index (χ0) is 12.5. The van der Waals surface area contributed by atoms with Crippen molar-refractivity contribution in [2.45, 2.75) is 25.7 Å². The number of pyridine rings is 1. The molecular formula is C14H20N4. The van der Waals surface area contributed by atoms with Gasteiger partial charge in [-0.25, -0.2) is 4.98 Å². The van der Waals surface area contributed by atoms with E-state index in [4.69, 9.17) is 5.73 Å². The summed E-state index contributed by atoms with van der Waals surface area (Å²) in [7, 11) is 0. The van der Waals surface area contributed by atoms with Crippen molar-refractivity contribution in [1.82, 2.24) is 14.3 Å². The summed E-state index contributed by atoms with van der Waals surface area (Å²) < 4.78 is 2.18. The molecule has 2 aromatic rings. The van der Waals surface area contributed by atoms with Crippen molar-refractivity contribution in [2.24, 2.45) is 0 Å². The third-order valence-corrected chi connectivity index (χ3v) is 3.98. The Kier molecular flexibility index (Phi) is 2.96. The Morgan fingerprint density at radius 2 is 2.17 bits per heavy atom. The molecule has 4 heteroatoms. The topological polar surface area (TPSA) is 46.6 Å². The van der Waals surface area contributed by atoms with Gasteiger partial charge in [-0.2, -0.15) is 0 Å². The lowest BCUT2D eigenvalue weighted by Crippen LogP contribution is -2.33. The summed E-state index contributed by atoms with van der Waals surface area (Å²) in [5, 5.41) is 0. The number of nitrogens with zero attached hydrogens (tertiary/aromatic N) is 3. The monoisotopic (exact) mass is 244 g/mol. The SMILES string of the molecule is CCN1CCC(c2ncc3cc(N)ccn23)CC1. The Morgan fingerprint density at radius 3 is 2.89 bits per heavy atom. The Hall–Kier alpha value is -1.55. The third kappa shape index (κ3) is 1.97. The van der Waals surface area contributed by atoms with E-state index in [1.54, 1.807) is 0 Å². The molecule has 0 spiro atoms. The van der Waals surface area contributed by atoms with Gasteiger partial charge < -0.3 is 15.0 Å². The van der Waals surface area contributed by atoms with E-state index in [1.807, 2.05) is 24.5 Å². The summed E-state index contributed by atoms with van der Waals surface area (Å²) in [6, 6.07) is 3.93. The van der Waals surface area contributed by atoms with E-state index < -0.39 is 0 Å². The number of fused-ring (bicyclic) bond motifs is 1. The van der Waals surface area contributed by atoms with Crippen LogP contribution in [0, 0.1) is 0 Å². The van der Waals surface area contributed by atoms with Crippen LogP contribution in [0.5, 0.6) is 0 Å². The van der Waals surface area contributed by atoms with Gasteiger partial charge in [-0.05, 0) is 44.6 Å². The molecule has 1 aliphatic heterocycles. The molecule has 0 bridgehead atoms. The highest BCUT2D eigenvalue weighted by molar-refractivity contribution is 5.56. The van der Waals surface area contributed by atoms with Crippen LogP contribution in [0.1, 0.15) is 31.5 Å². The van der Waals surface area contributed by atoms with Crippen LogP contribution in [0.2, 0.25) is 0 Å². The number of anilines is 1. The Morgan fingerprint density at radius 1 is 1.39 bits per heavy atom. The van der Waals surface area contributed by atoms with Crippen molar-refractivity contribution in [2.75, 3.05) is 25.4 Å². The summed E-state index contributed by atoms with van der Waals surface area (Å²) >= 11 is 0. The van der Waals surface area contributed by atoms with E-state index in [1.165, 1.54) is 31.8 Å². The number of imidazole rings is 1. The molecular weight excluding hydrogens is 224 g/mol. The van der Waals surface area contributed by atoms with Gasteiger partial charge in [0.25, 0.3) is 0 Å². The van der Waals surface area contributed by atoms with Gasteiger partial charge >= 0.3 is 0 Å². The predicted octanol–water partition coefficient (Wildman–Crippen LogP) is 2.12. The molecule has 0 saturated carbocycles. The molecule has 3 rings (SSSR count). The van der Waals surface area contributed by atoms with Crippen LogP contribution in [-0.4, -0.2) is 33.9 Å². The van der Waals surface area contributed by atoms with Crippen LogP contribution in [0.25, 0.3) is 5.52 Å². The van der Waals surface area contributed by atoms with Gasteiger partial charge in [0.2, 0.25) is 0 Å². The van der Waals surface area contributed by atoms with E-state index in [9.17, 15) is 0 Å². The first-order valence-electron chi connectivity index (χ1n) is 6.72. The van der Waals surface area contributed by atoms with E-state index >= 15 is 0 Å². The highest BCUT2D eigenvalue weighted by atomic mass is 15.1. The van der Waals surface area contributed by atoms with Crippen molar-refractivity contribution in [3.63, 3.8) is 0 Å². The molecule has 1 saturated heterocycles. The molecule has 96 valence electrons. The summed E-state index contributed by atoms with van der Waals surface area (Å²) in [5.74, 6) is 1.78. The van der Waals surface area contributed by atoms with Crippen molar-refractivity contribution in [1.29, 1.82) is 0 Å². The van der Waals surface area contributed by atoms with Crippen molar-refractivity contribution < 1.29 is 0 Å². The second-order valence-electron chi connectivity index (χ2n) is 5.08. The largest absolute Gasteiger partial charge is 0.399 e. The minimum atomic E-state index is 0.582. The second kappa shape index (κ2) is 4.61. The number of hydrogen-bond acceptors (Lipinski definition) is 3. The summed E-state index contributed by atoms with van der Waals surface area (Å²) in [5.41, 5.74) is 7.70. The minimum absolute atomic E-state index is 0.582. The van der Waals surface area contributed by atoms with Crippen LogP contribution >= 0.6 is 0 Å². The Balaban J connectivity index is 1.87. The van der Waals surface area contributed by atoms with Gasteiger partial charge in [0.1, 0.15) is 5.82 Å². The van der Waals surface area contributed by atoms with Gasteiger partial charge in [0.05, 0.1) is 11.7 Å². The van der Waals surface area contributed by atoms with Gasteiger partial charge in [-0.3, -0.25) is 0 Å². The number of likely N-dealkylation sites (tertiary alicyclic amines) is 1. The normalized spacial score (nSPS) is 18.5. The van der Waals surface area contributed by atoms with Crippen LogP contribution in [0.15, 0.2) is 24.5 Å². The fourth-order valence-corrected chi connectivity index (χ4v) is 2.85. The van der Waals surface area contributed by atoms with Crippen molar-refractivity contribution >= 4 is 11.2 Å². The second-order valence-corrected chi connectivity index (χ2v) is 5.08. The standard InChI is InChI=1S/C14H20N4/c1-2-17-6-3-11(4-7-17)14-16-10-13-9-12(15)5-8-18(13)14/h5,8-11H,2-4,6-7,15H2,1H3. The molecule has 2 N–H and O–H groups in total. The first kappa shape index (κ1) is 11.5. The third-order valence-electron chi connectivity index (χ3n) is 3.98. The van der Waals surface area contributed by atoms with Crippen LogP contribution in [0.4, 0.5) is 5.69 Å². The summed E-state index contributed by atoms with van der Waals surface area (Å²) in [6.07, 6.45) is 6.38. The maximum Gasteiger partial charge on any atom is 0.116 e. The lowest BCUT2D eigenvalue weighted by Gasteiger charge is -2.30. The predicted molar refractivity (Wildman–Crippen MR) is 73.7 cm³/mol. The fourth-order valence-electron chi connectivity index (χ4n) is 2.85. The number of hydrogen-bond donors (Lipinski definition) is 1. The van der Waals surface area contributed by atoms with Crippen LogP contribution < -0.4 is 5.73 Å². The van der Waals surface area contributed by atoms with Gasteiger partial charge in [0.15, 0.2) is 0 Å². The first-order valence-corrected chi connectivity index (χ1v) is 6.72. The molecule has 2 aromatic heterocycles. The molecule has 0 unspecified atom stereocenters. The molecule has 0 atom stereocenters. The molecule has 4 nitrogen and oxygen atoms in total. The van der Waals surface area contributed by atoms with E-state index in [0.717, 1.165) is 17.7 Å². The average molecular weight is 244 g/mol.